The molecule has 1 atom stereocenters. The van der Waals surface area contributed by atoms with Gasteiger partial charge in [-0.1, -0.05) is 22.9 Å². The second-order valence-corrected chi connectivity index (χ2v) is 6.49. The molecule has 1 heterocycles. The van der Waals surface area contributed by atoms with Crippen LogP contribution in [0.4, 0.5) is 0 Å². The fraction of sp³-hybridized carbons (Fsp3) is 0.400. The monoisotopic (exact) mass is 355 g/mol. The molecule has 0 spiro atoms. The van der Waals surface area contributed by atoms with Gasteiger partial charge in [-0.15, -0.1) is 11.3 Å². The van der Waals surface area contributed by atoms with Gasteiger partial charge in [-0.05, 0) is 38.0 Å². The van der Waals surface area contributed by atoms with Crippen molar-refractivity contribution in [3.63, 3.8) is 0 Å². The number of aliphatic hydroxyl groups excluding tert-OH is 1. The fourth-order valence-corrected chi connectivity index (χ4v) is 3.14. The molecule has 1 N–H and O–H groups in total. The molecule has 0 aliphatic rings. The summed E-state index contributed by atoms with van der Waals surface area (Å²) in [5.74, 6) is 0.702. The van der Waals surface area contributed by atoms with Gasteiger partial charge in [0.25, 0.3) is 0 Å². The first-order chi connectivity index (χ1) is 9.60. The highest BCUT2D eigenvalue weighted by Crippen LogP contribution is 2.29. The number of thiazole rings is 1. The van der Waals surface area contributed by atoms with Gasteiger partial charge in [0, 0.05) is 15.4 Å². The maximum Gasteiger partial charge on any atom is 0.131 e. The Bertz CT molecular complexity index is 569. The van der Waals surface area contributed by atoms with Crippen molar-refractivity contribution in [2.75, 3.05) is 0 Å². The number of rotatable bonds is 6. The van der Waals surface area contributed by atoms with Crippen LogP contribution in [0, 0.1) is 0 Å². The van der Waals surface area contributed by atoms with E-state index < -0.39 is 6.10 Å². The number of aliphatic hydroxyl groups is 1. The summed E-state index contributed by atoms with van der Waals surface area (Å²) in [7, 11) is 0. The molecular weight excluding hydrogens is 338 g/mol. The van der Waals surface area contributed by atoms with E-state index in [0.29, 0.717) is 12.4 Å². The van der Waals surface area contributed by atoms with E-state index in [1.165, 1.54) is 0 Å². The molecule has 3 nitrogen and oxygen atoms in total. The van der Waals surface area contributed by atoms with Gasteiger partial charge in [0.15, 0.2) is 0 Å². The summed E-state index contributed by atoms with van der Waals surface area (Å²) in [6.07, 6.45) is 1.56. The molecule has 1 aromatic heterocycles. The number of hydrogen-bond donors (Lipinski definition) is 1. The molecule has 0 saturated carbocycles. The second-order valence-electron chi connectivity index (χ2n) is 4.63. The minimum absolute atomic E-state index is 0.432. The van der Waals surface area contributed by atoms with Crippen LogP contribution in [0.25, 0.3) is 0 Å². The van der Waals surface area contributed by atoms with Crippen molar-refractivity contribution in [1.82, 2.24) is 4.98 Å². The fourth-order valence-electron chi connectivity index (χ4n) is 1.87. The summed E-state index contributed by atoms with van der Waals surface area (Å²) >= 11 is 5.08. The highest BCUT2D eigenvalue weighted by molar-refractivity contribution is 9.10. The molecule has 0 aliphatic heterocycles. The summed E-state index contributed by atoms with van der Waals surface area (Å²) in [6, 6.07) is 5.65. The first kappa shape index (κ1) is 15.5. The summed E-state index contributed by atoms with van der Waals surface area (Å²) in [5, 5.41) is 13.0. The Labute approximate surface area is 131 Å². The Balaban J connectivity index is 2.06. The SMILES string of the molecule is CCCc1nc(COc2ccc(Br)cc2C(C)O)cs1. The molecule has 0 saturated heterocycles. The molecule has 108 valence electrons. The van der Waals surface area contributed by atoms with Gasteiger partial charge in [-0.3, -0.25) is 0 Å². The summed E-state index contributed by atoms with van der Waals surface area (Å²) in [6.45, 7) is 4.31. The number of aryl methyl sites for hydroxylation is 1. The Morgan fingerprint density at radius 3 is 2.95 bits per heavy atom. The molecule has 1 unspecified atom stereocenters. The van der Waals surface area contributed by atoms with Crippen molar-refractivity contribution in [1.29, 1.82) is 0 Å². The van der Waals surface area contributed by atoms with Gasteiger partial charge < -0.3 is 9.84 Å². The van der Waals surface area contributed by atoms with Crippen molar-refractivity contribution in [2.24, 2.45) is 0 Å². The number of benzene rings is 1. The lowest BCUT2D eigenvalue weighted by Gasteiger charge is -2.13. The third kappa shape index (κ3) is 4.04. The Morgan fingerprint density at radius 1 is 1.45 bits per heavy atom. The zero-order chi connectivity index (χ0) is 14.5. The van der Waals surface area contributed by atoms with E-state index in [0.717, 1.165) is 33.6 Å². The Hall–Kier alpha value is -0.910. The lowest BCUT2D eigenvalue weighted by molar-refractivity contribution is 0.189. The van der Waals surface area contributed by atoms with Gasteiger partial charge in [-0.2, -0.15) is 0 Å². The van der Waals surface area contributed by atoms with Gasteiger partial charge >= 0.3 is 0 Å². The summed E-state index contributed by atoms with van der Waals surface area (Å²) in [5.41, 5.74) is 1.72. The van der Waals surface area contributed by atoms with Crippen LogP contribution in [0.3, 0.4) is 0 Å². The zero-order valence-electron chi connectivity index (χ0n) is 11.6. The smallest absolute Gasteiger partial charge is 0.131 e. The first-order valence-electron chi connectivity index (χ1n) is 6.63. The van der Waals surface area contributed by atoms with E-state index in [1.807, 2.05) is 23.6 Å². The normalized spacial score (nSPS) is 12.4. The van der Waals surface area contributed by atoms with Gasteiger partial charge in [0.2, 0.25) is 0 Å². The average Bonchev–Trinajstić information content (AvgIpc) is 2.85. The van der Waals surface area contributed by atoms with Gasteiger partial charge in [0.1, 0.15) is 12.4 Å². The summed E-state index contributed by atoms with van der Waals surface area (Å²) in [4.78, 5) is 4.53. The largest absolute Gasteiger partial charge is 0.487 e. The van der Waals surface area contributed by atoms with Crippen LogP contribution in [-0.4, -0.2) is 10.1 Å². The zero-order valence-corrected chi connectivity index (χ0v) is 14.0. The van der Waals surface area contributed by atoms with E-state index in [4.69, 9.17) is 4.74 Å². The van der Waals surface area contributed by atoms with Crippen LogP contribution >= 0.6 is 27.3 Å². The van der Waals surface area contributed by atoms with Crippen LogP contribution in [0.15, 0.2) is 28.1 Å². The molecule has 0 radical (unpaired) electrons. The number of halogens is 1. The number of hydrogen-bond acceptors (Lipinski definition) is 4. The third-order valence-electron chi connectivity index (χ3n) is 2.86. The van der Waals surface area contributed by atoms with Crippen LogP contribution in [-0.2, 0) is 13.0 Å². The molecule has 5 heteroatoms. The highest BCUT2D eigenvalue weighted by atomic mass is 79.9. The van der Waals surface area contributed by atoms with Crippen molar-refractivity contribution in [3.05, 3.63) is 44.3 Å². The third-order valence-corrected chi connectivity index (χ3v) is 4.31. The van der Waals surface area contributed by atoms with Crippen LogP contribution in [0.5, 0.6) is 5.75 Å². The van der Waals surface area contributed by atoms with Crippen molar-refractivity contribution in [3.8, 4) is 5.75 Å². The summed E-state index contributed by atoms with van der Waals surface area (Å²) < 4.78 is 6.72. The minimum Gasteiger partial charge on any atom is -0.487 e. The highest BCUT2D eigenvalue weighted by Gasteiger charge is 2.11. The molecule has 1 aromatic carbocycles. The Morgan fingerprint density at radius 2 is 2.25 bits per heavy atom. The number of ether oxygens (including phenoxy) is 1. The molecule has 0 fully saturated rings. The van der Waals surface area contributed by atoms with Crippen LogP contribution < -0.4 is 4.74 Å². The van der Waals surface area contributed by atoms with Gasteiger partial charge in [-0.25, -0.2) is 4.98 Å². The number of aromatic nitrogens is 1. The standard InChI is InChI=1S/C15H18BrNO2S/c1-3-4-15-17-12(9-20-15)8-19-14-6-5-11(16)7-13(14)10(2)18/h5-7,9-10,18H,3-4,8H2,1-2H3. The first-order valence-corrected chi connectivity index (χ1v) is 8.31. The van der Waals surface area contributed by atoms with Crippen LogP contribution in [0.1, 0.15) is 42.6 Å². The van der Waals surface area contributed by atoms with E-state index in [-0.39, 0.29) is 0 Å². The molecule has 20 heavy (non-hydrogen) atoms. The van der Waals surface area contributed by atoms with E-state index in [9.17, 15) is 5.11 Å². The van der Waals surface area contributed by atoms with Crippen LogP contribution in [0.2, 0.25) is 0 Å². The maximum atomic E-state index is 9.79. The van der Waals surface area contributed by atoms with Crippen molar-refractivity contribution >= 4 is 27.3 Å². The van der Waals surface area contributed by atoms with Gasteiger partial charge in [0.05, 0.1) is 16.8 Å². The lowest BCUT2D eigenvalue weighted by Crippen LogP contribution is -2.01. The van der Waals surface area contributed by atoms with E-state index in [2.05, 4.69) is 27.8 Å². The topological polar surface area (TPSA) is 42.4 Å². The van der Waals surface area contributed by atoms with E-state index >= 15 is 0 Å². The van der Waals surface area contributed by atoms with Crippen molar-refractivity contribution < 1.29 is 9.84 Å². The van der Waals surface area contributed by atoms with Crippen molar-refractivity contribution in [2.45, 2.75) is 39.4 Å². The molecule has 0 bridgehead atoms. The average molecular weight is 356 g/mol. The van der Waals surface area contributed by atoms with E-state index in [1.54, 1.807) is 18.3 Å². The minimum atomic E-state index is -0.561. The predicted molar refractivity (Wildman–Crippen MR) is 85.2 cm³/mol. The Kier molecular flexibility index (Phi) is 5.57. The maximum absolute atomic E-state index is 9.79. The number of nitrogens with zero attached hydrogens (tertiary/aromatic N) is 1. The molecule has 2 aromatic rings. The quantitative estimate of drug-likeness (QED) is 0.829. The molecular formula is C15H18BrNO2S. The predicted octanol–water partition coefficient (Wildman–Crippen LogP) is 4.49. The molecule has 2 rings (SSSR count). The molecule has 0 aliphatic carbocycles. The lowest BCUT2D eigenvalue weighted by atomic mass is 10.1. The molecule has 0 amide bonds. The second kappa shape index (κ2) is 7.20.